The molecule has 5 nitrogen and oxygen atoms in total. The summed E-state index contributed by atoms with van der Waals surface area (Å²) in [6, 6.07) is 9.67. The molecule has 0 spiro atoms. The Morgan fingerprint density at radius 1 is 1.19 bits per heavy atom. The minimum Gasteiger partial charge on any atom is -0.406 e. The molecule has 1 aromatic carbocycles. The smallest absolute Gasteiger partial charge is 0.406 e. The molecule has 2 heterocycles. The van der Waals surface area contributed by atoms with Gasteiger partial charge in [-0.05, 0) is 49.2 Å². The molecule has 0 saturated carbocycles. The Morgan fingerprint density at radius 3 is 2.44 bits per heavy atom. The summed E-state index contributed by atoms with van der Waals surface area (Å²) in [4.78, 5) is 17.7. The van der Waals surface area contributed by atoms with E-state index in [4.69, 9.17) is 0 Å². The van der Waals surface area contributed by atoms with E-state index in [1.54, 1.807) is 18.3 Å². The highest BCUT2D eigenvalue weighted by Gasteiger charge is 2.31. The monoisotopic (exact) mass is 379 g/mol. The van der Waals surface area contributed by atoms with Crippen LogP contribution in [0.5, 0.6) is 5.75 Å². The molecular formula is C19H20F3N3O2. The summed E-state index contributed by atoms with van der Waals surface area (Å²) in [6.07, 6.45) is -1.30. The van der Waals surface area contributed by atoms with Gasteiger partial charge in [-0.15, -0.1) is 13.2 Å². The van der Waals surface area contributed by atoms with E-state index in [0.29, 0.717) is 11.3 Å². The van der Waals surface area contributed by atoms with E-state index < -0.39 is 6.36 Å². The van der Waals surface area contributed by atoms with Crippen molar-refractivity contribution < 1.29 is 22.7 Å². The van der Waals surface area contributed by atoms with Crippen LogP contribution in [-0.2, 0) is 4.79 Å². The molecule has 1 aliphatic rings. The number of amides is 1. The zero-order valence-corrected chi connectivity index (χ0v) is 14.8. The number of nitrogens with one attached hydrogen (secondary N) is 1. The number of carbonyl (C=O) groups excluding carboxylic acids is 1. The maximum Gasteiger partial charge on any atom is 0.573 e. The van der Waals surface area contributed by atoms with Crippen molar-refractivity contribution in [3.05, 3.63) is 42.6 Å². The Bertz CT molecular complexity index is 786. The van der Waals surface area contributed by atoms with Crippen LogP contribution >= 0.6 is 0 Å². The third-order valence-electron chi connectivity index (χ3n) is 4.39. The third kappa shape index (κ3) is 5.35. The second kappa shape index (κ2) is 7.85. The third-order valence-corrected chi connectivity index (χ3v) is 4.39. The molecule has 144 valence electrons. The van der Waals surface area contributed by atoms with Crippen molar-refractivity contribution in [3.8, 4) is 17.0 Å². The second-order valence-corrected chi connectivity index (χ2v) is 6.43. The lowest BCUT2D eigenvalue weighted by atomic mass is 10.0. The van der Waals surface area contributed by atoms with E-state index in [0.717, 1.165) is 31.6 Å². The number of carbonyl (C=O) groups is 1. The van der Waals surface area contributed by atoms with Crippen molar-refractivity contribution in [2.24, 2.45) is 0 Å². The average Bonchev–Trinajstić information content (AvgIpc) is 2.61. The summed E-state index contributed by atoms with van der Waals surface area (Å²) >= 11 is 0. The summed E-state index contributed by atoms with van der Waals surface area (Å²) in [5.41, 5.74) is 2.38. The van der Waals surface area contributed by atoms with Crippen LogP contribution in [0.2, 0.25) is 0 Å². The van der Waals surface area contributed by atoms with E-state index >= 15 is 0 Å². The number of halogens is 3. The lowest BCUT2D eigenvalue weighted by molar-refractivity contribution is -0.274. The number of hydrogen-bond donors (Lipinski definition) is 1. The normalized spacial score (nSPS) is 15.5. The van der Waals surface area contributed by atoms with Gasteiger partial charge in [0.15, 0.2) is 0 Å². The summed E-state index contributed by atoms with van der Waals surface area (Å²) in [5.74, 6) is -0.278. The molecule has 0 bridgehead atoms. The fourth-order valence-electron chi connectivity index (χ4n) is 3.17. The van der Waals surface area contributed by atoms with Gasteiger partial charge >= 0.3 is 6.36 Å². The van der Waals surface area contributed by atoms with E-state index in [9.17, 15) is 18.0 Å². The van der Waals surface area contributed by atoms with Crippen LogP contribution in [-0.4, -0.2) is 36.4 Å². The van der Waals surface area contributed by atoms with Crippen molar-refractivity contribution in [1.82, 2.24) is 10.3 Å². The molecule has 1 aliphatic heterocycles. The van der Waals surface area contributed by atoms with Gasteiger partial charge in [0.05, 0.1) is 5.69 Å². The molecule has 1 fully saturated rings. The quantitative estimate of drug-likeness (QED) is 0.879. The minimum absolute atomic E-state index is 0.0161. The van der Waals surface area contributed by atoms with Gasteiger partial charge in [-0.3, -0.25) is 9.78 Å². The van der Waals surface area contributed by atoms with Gasteiger partial charge in [-0.2, -0.15) is 0 Å². The number of piperidine rings is 1. The number of nitrogens with zero attached hydrogens (tertiary/aromatic N) is 2. The van der Waals surface area contributed by atoms with Gasteiger partial charge < -0.3 is 15.0 Å². The average molecular weight is 379 g/mol. The summed E-state index contributed by atoms with van der Waals surface area (Å²) in [5, 5.41) is 2.94. The van der Waals surface area contributed by atoms with Gasteiger partial charge in [0, 0.05) is 43.5 Å². The maximum absolute atomic E-state index is 12.3. The molecule has 2 aromatic rings. The Labute approximate surface area is 155 Å². The molecule has 1 saturated heterocycles. The summed E-state index contributed by atoms with van der Waals surface area (Å²) in [7, 11) is 0. The molecule has 0 aliphatic carbocycles. The summed E-state index contributed by atoms with van der Waals surface area (Å²) < 4.78 is 40.7. The number of alkyl halides is 3. The maximum atomic E-state index is 12.3. The molecule has 1 amide bonds. The fourth-order valence-corrected chi connectivity index (χ4v) is 3.17. The molecular weight excluding hydrogens is 359 g/mol. The molecule has 0 unspecified atom stereocenters. The molecule has 8 heteroatoms. The Morgan fingerprint density at radius 2 is 1.85 bits per heavy atom. The van der Waals surface area contributed by atoms with Crippen LogP contribution in [0.1, 0.15) is 19.8 Å². The van der Waals surface area contributed by atoms with Gasteiger partial charge in [-0.1, -0.05) is 0 Å². The number of pyridine rings is 1. The first kappa shape index (κ1) is 19.0. The van der Waals surface area contributed by atoms with E-state index in [1.807, 2.05) is 12.1 Å². The van der Waals surface area contributed by atoms with Crippen LogP contribution < -0.4 is 15.0 Å². The summed E-state index contributed by atoms with van der Waals surface area (Å²) in [6.45, 7) is 3.14. The minimum atomic E-state index is -4.71. The zero-order valence-electron chi connectivity index (χ0n) is 14.8. The molecule has 1 N–H and O–H groups in total. The first-order valence-electron chi connectivity index (χ1n) is 8.64. The largest absolute Gasteiger partial charge is 0.573 e. The Balaban J connectivity index is 1.68. The van der Waals surface area contributed by atoms with Gasteiger partial charge in [-0.25, -0.2) is 0 Å². The first-order valence-corrected chi connectivity index (χ1v) is 8.64. The Hall–Kier alpha value is -2.77. The van der Waals surface area contributed by atoms with Crippen LogP contribution in [0, 0.1) is 0 Å². The SMILES string of the molecule is CC(=O)NC1CCN(c2ccnc(-c3ccc(OC(F)(F)F)cc3)c2)CC1. The highest BCUT2D eigenvalue weighted by molar-refractivity contribution is 5.73. The van der Waals surface area contributed by atoms with Crippen molar-refractivity contribution in [3.63, 3.8) is 0 Å². The zero-order chi connectivity index (χ0) is 19.4. The Kier molecular flexibility index (Phi) is 5.53. The molecule has 1 aromatic heterocycles. The highest BCUT2D eigenvalue weighted by atomic mass is 19.4. The van der Waals surface area contributed by atoms with Gasteiger partial charge in [0.2, 0.25) is 5.91 Å². The predicted molar refractivity (Wildman–Crippen MR) is 95.4 cm³/mol. The number of hydrogen-bond acceptors (Lipinski definition) is 4. The van der Waals surface area contributed by atoms with E-state index in [-0.39, 0.29) is 17.7 Å². The number of anilines is 1. The lowest BCUT2D eigenvalue weighted by Crippen LogP contribution is -2.44. The van der Waals surface area contributed by atoms with E-state index in [1.165, 1.54) is 19.1 Å². The molecule has 27 heavy (non-hydrogen) atoms. The lowest BCUT2D eigenvalue weighted by Gasteiger charge is -2.33. The van der Waals surface area contributed by atoms with Gasteiger partial charge in [0.25, 0.3) is 0 Å². The van der Waals surface area contributed by atoms with Crippen molar-refractivity contribution in [2.75, 3.05) is 18.0 Å². The standard InChI is InChI=1S/C19H20F3N3O2/c1-13(26)24-15-7-10-25(11-8-15)16-6-9-23-18(12-16)14-2-4-17(5-3-14)27-19(20,21)22/h2-6,9,12,15H,7-8,10-11H2,1H3,(H,24,26). The van der Waals surface area contributed by atoms with Crippen LogP contribution in [0.25, 0.3) is 11.3 Å². The number of aromatic nitrogens is 1. The number of ether oxygens (including phenoxy) is 1. The predicted octanol–water partition coefficient (Wildman–Crippen LogP) is 3.75. The second-order valence-electron chi connectivity index (χ2n) is 6.43. The number of benzene rings is 1. The molecule has 3 rings (SSSR count). The fraction of sp³-hybridized carbons (Fsp3) is 0.368. The van der Waals surface area contributed by atoms with Crippen LogP contribution in [0.4, 0.5) is 18.9 Å². The molecule has 0 atom stereocenters. The van der Waals surface area contributed by atoms with Gasteiger partial charge in [0.1, 0.15) is 5.75 Å². The number of rotatable bonds is 4. The van der Waals surface area contributed by atoms with Crippen molar-refractivity contribution >= 4 is 11.6 Å². The van der Waals surface area contributed by atoms with Crippen LogP contribution in [0.3, 0.4) is 0 Å². The van der Waals surface area contributed by atoms with Crippen molar-refractivity contribution in [1.29, 1.82) is 0 Å². The van der Waals surface area contributed by atoms with Crippen LogP contribution in [0.15, 0.2) is 42.6 Å². The first-order chi connectivity index (χ1) is 12.8. The van der Waals surface area contributed by atoms with Crippen molar-refractivity contribution in [2.45, 2.75) is 32.2 Å². The topological polar surface area (TPSA) is 54.5 Å². The molecule has 0 radical (unpaired) electrons. The van der Waals surface area contributed by atoms with E-state index in [2.05, 4.69) is 19.9 Å². The highest BCUT2D eigenvalue weighted by Crippen LogP contribution is 2.28.